The number of hydrogen-bond acceptors (Lipinski definition) is 3. The molecule has 7 heteroatoms. The van der Waals surface area contributed by atoms with Crippen LogP contribution in [0.25, 0.3) is 0 Å². The van der Waals surface area contributed by atoms with E-state index in [-0.39, 0.29) is 0 Å². The minimum atomic E-state index is -1.92. The zero-order valence-electron chi connectivity index (χ0n) is 12.1. The molecule has 0 radical (unpaired) electrons. The third kappa shape index (κ3) is 7.93. The standard InChI is InChI=1S/C9H28O3Si4/c1-9-15(5,6)11-14(4)12-16(7,8)10-13(2)3/h13-14H,9H2,1-8H3. The number of rotatable bonds is 7. The first-order valence-electron chi connectivity index (χ1n) is 6.11. The topological polar surface area (TPSA) is 27.7 Å². The van der Waals surface area contributed by atoms with Crippen molar-refractivity contribution in [3.05, 3.63) is 0 Å². The van der Waals surface area contributed by atoms with Crippen molar-refractivity contribution in [2.75, 3.05) is 0 Å². The maximum atomic E-state index is 6.13. The summed E-state index contributed by atoms with van der Waals surface area (Å²) in [7, 11) is -5.89. The first-order chi connectivity index (χ1) is 7.08. The monoisotopic (exact) mass is 296 g/mol. The van der Waals surface area contributed by atoms with Gasteiger partial charge in [0.15, 0.2) is 17.4 Å². The van der Waals surface area contributed by atoms with Crippen LogP contribution in [0.4, 0.5) is 0 Å². The van der Waals surface area contributed by atoms with E-state index in [1.807, 2.05) is 0 Å². The molecule has 0 heterocycles. The zero-order valence-corrected chi connectivity index (χ0v) is 16.4. The maximum Gasteiger partial charge on any atom is 0.312 e. The first kappa shape index (κ1) is 16.7. The molecule has 1 atom stereocenters. The fourth-order valence-electron chi connectivity index (χ4n) is 1.55. The van der Waals surface area contributed by atoms with Crippen molar-refractivity contribution in [2.24, 2.45) is 0 Å². The van der Waals surface area contributed by atoms with Gasteiger partial charge in [-0.05, 0) is 51.9 Å². The van der Waals surface area contributed by atoms with Crippen LogP contribution in [-0.2, 0) is 12.3 Å². The molecule has 0 aromatic heterocycles. The van der Waals surface area contributed by atoms with Crippen LogP contribution < -0.4 is 0 Å². The van der Waals surface area contributed by atoms with Crippen molar-refractivity contribution >= 4 is 35.2 Å². The van der Waals surface area contributed by atoms with E-state index in [2.05, 4.69) is 52.8 Å². The molecule has 0 saturated carbocycles. The lowest BCUT2D eigenvalue weighted by Crippen LogP contribution is -2.47. The van der Waals surface area contributed by atoms with E-state index >= 15 is 0 Å². The summed E-state index contributed by atoms with van der Waals surface area (Å²) in [5.74, 6) is 0. The molecule has 0 fully saturated rings. The van der Waals surface area contributed by atoms with Crippen LogP contribution in [-0.4, -0.2) is 35.2 Å². The smallest absolute Gasteiger partial charge is 0.312 e. The second kappa shape index (κ2) is 6.62. The highest BCUT2D eigenvalue weighted by Crippen LogP contribution is 2.16. The molecule has 0 aliphatic carbocycles. The molecule has 0 bridgehead atoms. The Morgan fingerprint density at radius 1 is 0.875 bits per heavy atom. The van der Waals surface area contributed by atoms with Crippen molar-refractivity contribution in [1.29, 1.82) is 0 Å². The molecule has 0 aromatic rings. The lowest BCUT2D eigenvalue weighted by Gasteiger charge is -2.32. The summed E-state index contributed by atoms with van der Waals surface area (Å²) in [6.45, 7) is 17.5. The molecular formula is C9H28O3Si4. The Kier molecular flexibility index (Phi) is 6.93. The van der Waals surface area contributed by atoms with Gasteiger partial charge in [-0.15, -0.1) is 0 Å². The fourth-order valence-corrected chi connectivity index (χ4v) is 14.9. The predicted molar refractivity (Wildman–Crippen MR) is 80.6 cm³/mol. The van der Waals surface area contributed by atoms with Crippen molar-refractivity contribution in [2.45, 2.75) is 58.8 Å². The minimum absolute atomic E-state index is 1.000. The third-order valence-corrected chi connectivity index (χ3v) is 15.6. The van der Waals surface area contributed by atoms with Gasteiger partial charge < -0.3 is 12.3 Å². The van der Waals surface area contributed by atoms with Gasteiger partial charge in [0, 0.05) is 0 Å². The van der Waals surface area contributed by atoms with E-state index in [1.54, 1.807) is 0 Å². The SMILES string of the molecule is CC[Si](C)(C)O[SiH](C)O[Si](C)(C)O[SiH](C)C. The van der Waals surface area contributed by atoms with E-state index in [0.717, 1.165) is 6.04 Å². The third-order valence-electron chi connectivity index (χ3n) is 2.31. The second-order valence-electron chi connectivity index (χ2n) is 5.48. The summed E-state index contributed by atoms with van der Waals surface area (Å²) in [5, 5.41) is 0. The molecule has 0 N–H and O–H groups in total. The summed E-state index contributed by atoms with van der Waals surface area (Å²) in [6.07, 6.45) is 0. The van der Waals surface area contributed by atoms with Gasteiger partial charge in [-0.1, -0.05) is 6.92 Å². The van der Waals surface area contributed by atoms with Gasteiger partial charge in [0.25, 0.3) is 9.28 Å². The minimum Gasteiger partial charge on any atom is -0.440 e. The average Bonchev–Trinajstić information content (AvgIpc) is 1.98. The van der Waals surface area contributed by atoms with Crippen LogP contribution in [0.5, 0.6) is 0 Å². The van der Waals surface area contributed by atoms with Gasteiger partial charge in [0.05, 0.1) is 0 Å². The maximum absolute atomic E-state index is 6.13. The highest BCUT2D eigenvalue weighted by molar-refractivity contribution is 6.81. The Hall–Kier alpha value is 0.748. The lowest BCUT2D eigenvalue weighted by atomic mass is 11.0. The van der Waals surface area contributed by atoms with E-state index in [1.165, 1.54) is 0 Å². The molecule has 16 heavy (non-hydrogen) atoms. The first-order valence-corrected chi connectivity index (χ1v) is 16.9. The molecular weight excluding hydrogens is 268 g/mol. The van der Waals surface area contributed by atoms with Gasteiger partial charge in [0.1, 0.15) is 0 Å². The average molecular weight is 297 g/mol. The highest BCUT2D eigenvalue weighted by Gasteiger charge is 2.32. The molecule has 0 amide bonds. The van der Waals surface area contributed by atoms with E-state index in [0.29, 0.717) is 0 Å². The molecule has 3 nitrogen and oxygen atoms in total. The summed E-state index contributed by atoms with van der Waals surface area (Å²) < 4.78 is 18.2. The van der Waals surface area contributed by atoms with Gasteiger partial charge in [0.2, 0.25) is 0 Å². The summed E-state index contributed by atoms with van der Waals surface area (Å²) in [6, 6.07) is 1.15. The van der Waals surface area contributed by atoms with Gasteiger partial charge >= 0.3 is 8.56 Å². The van der Waals surface area contributed by atoms with Gasteiger partial charge in [-0.2, -0.15) is 0 Å². The zero-order chi connectivity index (χ0) is 13.0. The van der Waals surface area contributed by atoms with Crippen LogP contribution in [0, 0.1) is 0 Å². The molecule has 0 aliphatic heterocycles. The summed E-state index contributed by atoms with van der Waals surface area (Å²) in [4.78, 5) is 0. The Labute approximate surface area is 106 Å². The Morgan fingerprint density at radius 3 is 1.75 bits per heavy atom. The highest BCUT2D eigenvalue weighted by atomic mass is 28.5. The molecule has 0 saturated heterocycles. The van der Waals surface area contributed by atoms with Crippen molar-refractivity contribution < 1.29 is 12.3 Å². The molecule has 0 rings (SSSR count). The van der Waals surface area contributed by atoms with E-state index in [9.17, 15) is 0 Å². The predicted octanol–water partition coefficient (Wildman–Crippen LogP) is 2.80. The van der Waals surface area contributed by atoms with Crippen LogP contribution >= 0.6 is 0 Å². The van der Waals surface area contributed by atoms with Crippen LogP contribution in [0.15, 0.2) is 0 Å². The van der Waals surface area contributed by atoms with Crippen molar-refractivity contribution in [3.63, 3.8) is 0 Å². The number of hydrogen-bond donors (Lipinski definition) is 0. The quantitative estimate of drug-likeness (QED) is 0.676. The molecule has 0 aliphatic rings. The van der Waals surface area contributed by atoms with Gasteiger partial charge in [-0.25, -0.2) is 0 Å². The van der Waals surface area contributed by atoms with Crippen LogP contribution in [0.3, 0.4) is 0 Å². The second-order valence-corrected chi connectivity index (χ2v) is 18.6. The fraction of sp³-hybridized carbons (Fsp3) is 1.00. The summed E-state index contributed by atoms with van der Waals surface area (Å²) >= 11 is 0. The summed E-state index contributed by atoms with van der Waals surface area (Å²) in [5.41, 5.74) is 0. The molecule has 98 valence electrons. The Morgan fingerprint density at radius 2 is 1.38 bits per heavy atom. The van der Waals surface area contributed by atoms with Crippen molar-refractivity contribution in [3.8, 4) is 0 Å². The van der Waals surface area contributed by atoms with E-state index in [4.69, 9.17) is 12.3 Å². The Balaban J connectivity index is 4.18. The lowest BCUT2D eigenvalue weighted by molar-refractivity contribution is 0.356. The van der Waals surface area contributed by atoms with Crippen molar-refractivity contribution in [1.82, 2.24) is 0 Å². The van der Waals surface area contributed by atoms with Crippen LogP contribution in [0.2, 0.25) is 51.9 Å². The largest absolute Gasteiger partial charge is 0.440 e. The molecule has 1 unspecified atom stereocenters. The molecule has 0 aromatic carbocycles. The molecule has 0 spiro atoms. The van der Waals surface area contributed by atoms with Crippen LogP contribution in [0.1, 0.15) is 6.92 Å². The van der Waals surface area contributed by atoms with E-state index < -0.39 is 35.2 Å². The van der Waals surface area contributed by atoms with Gasteiger partial charge in [-0.3, -0.25) is 0 Å². The Bertz CT molecular complexity index is 209. The normalized spacial score (nSPS) is 15.6.